The molecule has 2 amide bonds. The third kappa shape index (κ3) is 4.08. The normalized spacial score (nSPS) is 15.1. The smallest absolute Gasteiger partial charge is 0.318 e. The first-order chi connectivity index (χ1) is 13.5. The zero-order valence-electron chi connectivity index (χ0n) is 16.7. The second kappa shape index (κ2) is 7.97. The van der Waals surface area contributed by atoms with Crippen LogP contribution in [-0.2, 0) is 6.54 Å². The Morgan fingerprint density at radius 3 is 2.79 bits per heavy atom. The number of carbonyl (C=O) groups excluding carboxylic acids is 1. The van der Waals surface area contributed by atoms with Gasteiger partial charge in [0.25, 0.3) is 0 Å². The molecule has 0 radical (unpaired) electrons. The van der Waals surface area contributed by atoms with Crippen LogP contribution in [0.25, 0.3) is 10.9 Å². The van der Waals surface area contributed by atoms with Crippen LogP contribution in [0.5, 0.6) is 0 Å². The molecule has 1 aliphatic rings. The van der Waals surface area contributed by atoms with Crippen LogP contribution in [-0.4, -0.2) is 47.5 Å². The summed E-state index contributed by atoms with van der Waals surface area (Å²) in [5.74, 6) is 0. The lowest BCUT2D eigenvalue weighted by Crippen LogP contribution is -2.44. The SMILES string of the molecule is Cc1ccsc1[C@H](CNC(=O)N(Cc1ccc2[nH]ccc2c1)C1CC1)N(C)C. The molecule has 3 aromatic rings. The van der Waals surface area contributed by atoms with Gasteiger partial charge in [-0.2, -0.15) is 0 Å². The van der Waals surface area contributed by atoms with Gasteiger partial charge < -0.3 is 20.1 Å². The Balaban J connectivity index is 1.44. The summed E-state index contributed by atoms with van der Waals surface area (Å²) in [4.78, 5) is 21.7. The van der Waals surface area contributed by atoms with Gasteiger partial charge in [-0.3, -0.25) is 0 Å². The van der Waals surface area contributed by atoms with Gasteiger partial charge in [-0.15, -0.1) is 11.3 Å². The van der Waals surface area contributed by atoms with Gasteiger partial charge in [-0.05, 0) is 80.0 Å². The van der Waals surface area contributed by atoms with Crippen LogP contribution in [0.15, 0.2) is 41.9 Å². The first kappa shape index (κ1) is 19.0. The van der Waals surface area contributed by atoms with Gasteiger partial charge in [-0.25, -0.2) is 4.79 Å². The number of likely N-dealkylation sites (N-methyl/N-ethyl adjacent to an activating group) is 1. The van der Waals surface area contributed by atoms with Gasteiger partial charge in [0.05, 0.1) is 6.04 Å². The molecule has 1 atom stereocenters. The van der Waals surface area contributed by atoms with E-state index in [0.29, 0.717) is 19.1 Å². The summed E-state index contributed by atoms with van der Waals surface area (Å²) in [5, 5.41) is 6.51. The molecule has 1 fully saturated rings. The highest BCUT2D eigenvalue weighted by molar-refractivity contribution is 7.10. The van der Waals surface area contributed by atoms with Crippen molar-refractivity contribution in [2.75, 3.05) is 20.6 Å². The van der Waals surface area contributed by atoms with E-state index >= 15 is 0 Å². The van der Waals surface area contributed by atoms with Crippen LogP contribution in [0.2, 0.25) is 0 Å². The topological polar surface area (TPSA) is 51.4 Å². The van der Waals surface area contributed by atoms with Gasteiger partial charge in [0.2, 0.25) is 0 Å². The monoisotopic (exact) mass is 396 g/mol. The third-order valence-electron chi connectivity index (χ3n) is 5.49. The Kier molecular flexibility index (Phi) is 5.42. The second-order valence-corrected chi connectivity index (χ2v) is 8.84. The fraction of sp³-hybridized carbons (Fsp3) is 0.409. The fourth-order valence-electron chi connectivity index (χ4n) is 3.67. The maximum absolute atomic E-state index is 13.0. The maximum atomic E-state index is 13.0. The zero-order valence-corrected chi connectivity index (χ0v) is 17.6. The highest BCUT2D eigenvalue weighted by Crippen LogP contribution is 2.30. The molecule has 0 spiro atoms. The molecule has 2 aromatic heterocycles. The number of rotatable bonds is 7. The molecule has 0 bridgehead atoms. The largest absolute Gasteiger partial charge is 0.361 e. The van der Waals surface area contributed by atoms with Crippen LogP contribution in [0.3, 0.4) is 0 Å². The van der Waals surface area contributed by atoms with E-state index in [9.17, 15) is 4.79 Å². The summed E-state index contributed by atoms with van der Waals surface area (Å²) >= 11 is 1.76. The molecule has 5 nitrogen and oxygen atoms in total. The van der Waals surface area contributed by atoms with Gasteiger partial charge in [-0.1, -0.05) is 6.07 Å². The number of nitrogens with zero attached hydrogens (tertiary/aromatic N) is 2. The van der Waals surface area contributed by atoms with E-state index in [-0.39, 0.29) is 12.1 Å². The molecule has 1 aromatic carbocycles. The van der Waals surface area contributed by atoms with Crippen LogP contribution < -0.4 is 5.32 Å². The third-order valence-corrected chi connectivity index (χ3v) is 6.61. The van der Waals surface area contributed by atoms with Gasteiger partial charge in [0, 0.05) is 35.7 Å². The molecule has 2 heterocycles. The Labute approximate surface area is 170 Å². The highest BCUT2D eigenvalue weighted by atomic mass is 32.1. The molecule has 148 valence electrons. The lowest BCUT2D eigenvalue weighted by Gasteiger charge is -2.28. The quantitative estimate of drug-likeness (QED) is 0.617. The van der Waals surface area contributed by atoms with Crippen molar-refractivity contribution >= 4 is 28.3 Å². The number of fused-ring (bicyclic) bond motifs is 1. The average molecular weight is 397 g/mol. The maximum Gasteiger partial charge on any atom is 0.318 e. The molecule has 2 N–H and O–H groups in total. The Bertz CT molecular complexity index is 956. The minimum atomic E-state index is 0.0396. The van der Waals surface area contributed by atoms with Crippen LogP contribution in [0, 0.1) is 6.92 Å². The second-order valence-electron chi connectivity index (χ2n) is 7.89. The number of H-pyrrole nitrogens is 1. The number of aryl methyl sites for hydroxylation is 1. The molecule has 4 rings (SSSR count). The van der Waals surface area contributed by atoms with Crippen molar-refractivity contribution in [3.8, 4) is 0 Å². The highest BCUT2D eigenvalue weighted by Gasteiger charge is 2.33. The Morgan fingerprint density at radius 1 is 1.29 bits per heavy atom. The van der Waals surface area contributed by atoms with Gasteiger partial charge >= 0.3 is 6.03 Å². The lowest BCUT2D eigenvalue weighted by molar-refractivity contribution is 0.187. The van der Waals surface area contributed by atoms with Crippen molar-refractivity contribution in [3.05, 3.63) is 57.9 Å². The van der Waals surface area contributed by atoms with E-state index in [1.54, 1.807) is 11.3 Å². The number of hydrogen-bond acceptors (Lipinski definition) is 3. The fourth-order valence-corrected chi connectivity index (χ4v) is 4.80. The van der Waals surface area contributed by atoms with E-state index in [1.807, 2.05) is 11.1 Å². The lowest BCUT2D eigenvalue weighted by atomic mass is 10.1. The molecular weight excluding hydrogens is 368 g/mol. The average Bonchev–Trinajstić information content (AvgIpc) is 3.25. The van der Waals surface area contributed by atoms with E-state index in [0.717, 1.165) is 18.4 Å². The summed E-state index contributed by atoms with van der Waals surface area (Å²) in [6, 6.07) is 11.2. The molecular formula is C22H28N4OS. The van der Waals surface area contributed by atoms with Gasteiger partial charge in [0.1, 0.15) is 0 Å². The number of thiophene rings is 1. The van der Waals surface area contributed by atoms with Crippen LogP contribution in [0.1, 0.15) is 34.9 Å². The number of aromatic nitrogens is 1. The predicted octanol–water partition coefficient (Wildman–Crippen LogP) is 4.51. The van der Waals surface area contributed by atoms with E-state index in [2.05, 4.69) is 71.9 Å². The van der Waals surface area contributed by atoms with E-state index < -0.39 is 0 Å². The summed E-state index contributed by atoms with van der Waals surface area (Å²) in [5.41, 5.74) is 3.59. The standard InChI is InChI=1S/C22H28N4OS/c1-15-9-11-28-21(15)20(25(2)3)13-24-22(27)26(18-5-6-18)14-16-4-7-19-17(12-16)8-10-23-19/h4,7-12,18,20,23H,5-6,13-14H2,1-3H3,(H,24,27)/t20-/m0/s1. The van der Waals surface area contributed by atoms with Crippen molar-refractivity contribution in [1.29, 1.82) is 0 Å². The number of amides is 2. The summed E-state index contributed by atoms with van der Waals surface area (Å²) in [6.45, 7) is 3.41. The van der Waals surface area contributed by atoms with Crippen molar-refractivity contribution in [1.82, 2.24) is 20.1 Å². The number of urea groups is 1. The summed E-state index contributed by atoms with van der Waals surface area (Å²) in [7, 11) is 4.14. The molecule has 28 heavy (non-hydrogen) atoms. The Morgan fingerprint density at radius 2 is 2.11 bits per heavy atom. The molecule has 6 heteroatoms. The van der Waals surface area contributed by atoms with Crippen LogP contribution >= 0.6 is 11.3 Å². The number of nitrogens with one attached hydrogen (secondary N) is 2. The van der Waals surface area contributed by atoms with E-state index in [4.69, 9.17) is 0 Å². The molecule has 1 aliphatic carbocycles. The first-order valence-corrected chi connectivity index (χ1v) is 10.7. The Hall–Kier alpha value is -2.31. The van der Waals surface area contributed by atoms with Crippen molar-refractivity contribution in [2.45, 2.75) is 38.4 Å². The number of hydrogen-bond donors (Lipinski definition) is 2. The van der Waals surface area contributed by atoms with Crippen molar-refractivity contribution in [3.63, 3.8) is 0 Å². The van der Waals surface area contributed by atoms with Crippen LogP contribution in [0.4, 0.5) is 4.79 Å². The zero-order chi connectivity index (χ0) is 19.7. The van der Waals surface area contributed by atoms with E-state index in [1.165, 1.54) is 21.4 Å². The molecule has 0 unspecified atom stereocenters. The summed E-state index contributed by atoms with van der Waals surface area (Å²) < 4.78 is 0. The predicted molar refractivity (Wildman–Crippen MR) is 116 cm³/mol. The number of benzene rings is 1. The minimum Gasteiger partial charge on any atom is -0.361 e. The van der Waals surface area contributed by atoms with Gasteiger partial charge in [0.15, 0.2) is 0 Å². The molecule has 1 saturated carbocycles. The molecule has 0 saturated heterocycles. The first-order valence-electron chi connectivity index (χ1n) is 9.84. The summed E-state index contributed by atoms with van der Waals surface area (Å²) in [6.07, 6.45) is 4.15. The molecule has 0 aliphatic heterocycles. The van der Waals surface area contributed by atoms with Crippen molar-refractivity contribution in [2.24, 2.45) is 0 Å². The van der Waals surface area contributed by atoms with Crippen molar-refractivity contribution < 1.29 is 4.79 Å². The minimum absolute atomic E-state index is 0.0396. The number of aromatic amines is 1. The number of carbonyl (C=O) groups is 1.